The molecule has 3 aromatic carbocycles. The molecule has 0 unspecified atom stereocenters. The highest BCUT2D eigenvalue weighted by molar-refractivity contribution is 7.22. The Morgan fingerprint density at radius 1 is 0.957 bits per heavy atom. The number of hydrogen-bond acceptors (Lipinski definition) is 7. The Morgan fingerprint density at radius 3 is 2.38 bits per heavy atom. The highest BCUT2D eigenvalue weighted by Gasteiger charge is 2.31. The van der Waals surface area contributed by atoms with E-state index in [9.17, 15) is 4.79 Å². The molecule has 6 aromatic rings. The van der Waals surface area contributed by atoms with Gasteiger partial charge in [-0.1, -0.05) is 35.9 Å². The molecule has 9 heteroatoms. The van der Waals surface area contributed by atoms with Gasteiger partial charge >= 0.3 is 5.97 Å². The Labute approximate surface area is 284 Å². The fourth-order valence-corrected chi connectivity index (χ4v) is 6.90. The van der Waals surface area contributed by atoms with Gasteiger partial charge in [-0.25, -0.2) is 4.98 Å². The van der Waals surface area contributed by atoms with E-state index in [1.165, 1.54) is 0 Å². The Hall–Kier alpha value is -4.11. The zero-order valence-corrected chi connectivity index (χ0v) is 29.6. The summed E-state index contributed by atoms with van der Waals surface area (Å²) in [6, 6.07) is 20.3. The van der Waals surface area contributed by atoms with Crippen LogP contribution in [-0.4, -0.2) is 37.9 Å². The summed E-state index contributed by atoms with van der Waals surface area (Å²) in [4.78, 5) is 22.7. The summed E-state index contributed by atoms with van der Waals surface area (Å²) in [6.07, 6.45) is 3.18. The summed E-state index contributed by atoms with van der Waals surface area (Å²) < 4.78 is 15.4. The molecule has 3 aromatic heterocycles. The lowest BCUT2D eigenvalue weighted by Crippen LogP contribution is -2.30. The normalized spacial score (nSPS) is 13.0. The van der Waals surface area contributed by atoms with Crippen LogP contribution in [0.5, 0.6) is 0 Å². The minimum absolute atomic E-state index is 0.0840. The average molecular weight is 667 g/mol. The molecule has 1 atom stereocenters. The van der Waals surface area contributed by atoms with Gasteiger partial charge in [-0.3, -0.25) is 14.5 Å². The van der Waals surface area contributed by atoms with Gasteiger partial charge in [0.2, 0.25) is 0 Å². The van der Waals surface area contributed by atoms with Crippen molar-refractivity contribution in [3.8, 4) is 33.0 Å². The van der Waals surface area contributed by atoms with Crippen molar-refractivity contribution in [3.05, 3.63) is 89.2 Å². The number of benzene rings is 3. The van der Waals surface area contributed by atoms with E-state index in [2.05, 4.69) is 42.4 Å². The van der Waals surface area contributed by atoms with Crippen LogP contribution in [0.4, 0.5) is 0 Å². The standard InChI is InChI=1S/C38H39ClN4O3S/c1-22-17-29-34(47-35(42-29)25-15-16-40-28(18-25)24-9-10-26-20-41-43(8)30(26)19-24)33(23-11-13-27(39)14-12-23)32(22)31(46-38(5,6)7)21-45-36(44)37(2,3)4/h9-20,31H,21H2,1-8H3/t31-/m0/s1. The molecular weight excluding hydrogens is 628 g/mol. The van der Waals surface area contributed by atoms with Crippen molar-refractivity contribution in [3.63, 3.8) is 0 Å². The molecule has 0 amide bonds. The van der Waals surface area contributed by atoms with Gasteiger partial charge in [0.25, 0.3) is 0 Å². The third kappa shape index (κ3) is 6.96. The largest absolute Gasteiger partial charge is 0.462 e. The van der Waals surface area contributed by atoms with Gasteiger partial charge in [-0.05, 0) is 102 Å². The number of fused-ring (bicyclic) bond motifs is 2. The molecule has 0 aliphatic rings. The maximum absolute atomic E-state index is 12.9. The SMILES string of the molecule is Cc1cc2nc(-c3ccnc(-c4ccc5cnn(C)c5c4)c3)sc2c(-c2ccc(Cl)cc2)c1[C@H](COC(=O)C(C)(C)C)OC(C)(C)C. The maximum atomic E-state index is 12.9. The Balaban J connectivity index is 1.50. The molecule has 6 rings (SSSR count). The van der Waals surface area contributed by atoms with Crippen molar-refractivity contribution in [2.24, 2.45) is 12.5 Å². The van der Waals surface area contributed by atoms with E-state index in [-0.39, 0.29) is 12.6 Å². The van der Waals surface area contributed by atoms with Crippen LogP contribution in [0, 0.1) is 12.3 Å². The van der Waals surface area contributed by atoms with Crippen molar-refractivity contribution in [2.75, 3.05) is 6.61 Å². The second-order valence-electron chi connectivity index (χ2n) is 13.9. The summed E-state index contributed by atoms with van der Waals surface area (Å²) in [5.41, 5.74) is 7.59. The number of carbonyl (C=O) groups is 1. The van der Waals surface area contributed by atoms with E-state index < -0.39 is 17.1 Å². The molecule has 0 saturated heterocycles. The lowest BCUT2D eigenvalue weighted by atomic mass is 9.91. The van der Waals surface area contributed by atoms with Crippen LogP contribution in [0.1, 0.15) is 58.8 Å². The molecule has 47 heavy (non-hydrogen) atoms. The van der Waals surface area contributed by atoms with E-state index in [1.807, 2.05) is 96.0 Å². The summed E-state index contributed by atoms with van der Waals surface area (Å²) in [6.45, 7) is 13.7. The molecule has 0 radical (unpaired) electrons. The number of aryl methyl sites for hydroxylation is 2. The topological polar surface area (TPSA) is 79.1 Å². The van der Waals surface area contributed by atoms with Gasteiger partial charge in [0.1, 0.15) is 17.7 Å². The number of halogens is 1. The van der Waals surface area contributed by atoms with Gasteiger partial charge in [-0.15, -0.1) is 11.3 Å². The number of hydrogen-bond donors (Lipinski definition) is 0. The number of pyridine rings is 1. The van der Waals surface area contributed by atoms with Crippen molar-refractivity contribution >= 4 is 50.0 Å². The second kappa shape index (κ2) is 12.5. The Bertz CT molecular complexity index is 2100. The van der Waals surface area contributed by atoms with Gasteiger partial charge in [0.15, 0.2) is 0 Å². The summed E-state index contributed by atoms with van der Waals surface area (Å²) in [7, 11) is 1.94. The third-order valence-electron chi connectivity index (χ3n) is 7.91. The molecule has 0 fully saturated rings. The van der Waals surface area contributed by atoms with Gasteiger partial charge in [0, 0.05) is 40.3 Å². The first-order valence-electron chi connectivity index (χ1n) is 15.6. The van der Waals surface area contributed by atoms with Crippen LogP contribution in [-0.2, 0) is 21.3 Å². The average Bonchev–Trinajstić information content (AvgIpc) is 3.61. The smallest absolute Gasteiger partial charge is 0.311 e. The summed E-state index contributed by atoms with van der Waals surface area (Å²) in [5.74, 6) is -0.275. The lowest BCUT2D eigenvalue weighted by Gasteiger charge is -2.31. The first kappa shape index (κ1) is 32.8. The molecule has 0 spiro atoms. The highest BCUT2D eigenvalue weighted by Crippen LogP contribution is 2.45. The molecular formula is C38H39ClN4O3S. The number of esters is 1. The van der Waals surface area contributed by atoms with E-state index in [0.717, 1.165) is 65.2 Å². The maximum Gasteiger partial charge on any atom is 0.311 e. The summed E-state index contributed by atoms with van der Waals surface area (Å²) in [5, 5.41) is 7.00. The number of rotatable bonds is 7. The monoisotopic (exact) mass is 666 g/mol. The molecule has 7 nitrogen and oxygen atoms in total. The van der Waals surface area contributed by atoms with Crippen molar-refractivity contribution < 1.29 is 14.3 Å². The lowest BCUT2D eigenvalue weighted by molar-refractivity contribution is -0.162. The molecule has 3 heterocycles. The van der Waals surface area contributed by atoms with Crippen molar-refractivity contribution in [2.45, 2.75) is 60.2 Å². The van der Waals surface area contributed by atoms with Gasteiger partial charge < -0.3 is 9.47 Å². The number of aromatic nitrogens is 4. The number of carbonyl (C=O) groups excluding carboxylic acids is 1. The number of ether oxygens (including phenoxy) is 2. The van der Waals surface area contributed by atoms with Crippen LogP contribution in [0.3, 0.4) is 0 Å². The Morgan fingerprint density at radius 2 is 1.68 bits per heavy atom. The molecule has 0 N–H and O–H groups in total. The van der Waals surface area contributed by atoms with Gasteiger partial charge in [0.05, 0.1) is 38.6 Å². The van der Waals surface area contributed by atoms with E-state index in [0.29, 0.717) is 5.02 Å². The third-order valence-corrected chi connectivity index (χ3v) is 9.30. The van der Waals surface area contributed by atoms with Gasteiger partial charge in [-0.2, -0.15) is 5.10 Å². The first-order chi connectivity index (χ1) is 22.2. The number of nitrogens with zero attached hydrogens (tertiary/aromatic N) is 4. The van der Waals surface area contributed by atoms with Crippen LogP contribution < -0.4 is 0 Å². The Kier molecular flexibility index (Phi) is 8.72. The van der Waals surface area contributed by atoms with Crippen molar-refractivity contribution in [1.82, 2.24) is 19.7 Å². The molecule has 0 saturated carbocycles. The van der Waals surface area contributed by atoms with Crippen LogP contribution in [0.15, 0.2) is 73.1 Å². The second-order valence-corrected chi connectivity index (χ2v) is 15.3. The highest BCUT2D eigenvalue weighted by atomic mass is 35.5. The fraction of sp³-hybridized carbons (Fsp3) is 0.316. The van der Waals surface area contributed by atoms with E-state index in [4.69, 9.17) is 31.0 Å². The zero-order chi connectivity index (χ0) is 33.7. The minimum atomic E-state index is -0.635. The van der Waals surface area contributed by atoms with Crippen molar-refractivity contribution in [1.29, 1.82) is 0 Å². The number of thiazole rings is 1. The quantitative estimate of drug-likeness (QED) is 0.158. The first-order valence-corrected chi connectivity index (χ1v) is 16.8. The molecule has 0 aliphatic heterocycles. The molecule has 0 bridgehead atoms. The minimum Gasteiger partial charge on any atom is -0.462 e. The molecule has 0 aliphatic carbocycles. The predicted octanol–water partition coefficient (Wildman–Crippen LogP) is 9.99. The van der Waals surface area contributed by atoms with Crippen LogP contribution in [0.25, 0.3) is 54.1 Å². The van der Waals surface area contributed by atoms with Crippen LogP contribution >= 0.6 is 22.9 Å². The van der Waals surface area contributed by atoms with E-state index >= 15 is 0 Å². The van der Waals surface area contributed by atoms with Crippen LogP contribution in [0.2, 0.25) is 5.02 Å². The molecule has 242 valence electrons. The zero-order valence-electron chi connectivity index (χ0n) is 28.0. The van der Waals surface area contributed by atoms with E-state index in [1.54, 1.807) is 11.3 Å². The predicted molar refractivity (Wildman–Crippen MR) is 192 cm³/mol. The summed E-state index contributed by atoms with van der Waals surface area (Å²) >= 11 is 7.97. The fourth-order valence-electron chi connectivity index (χ4n) is 5.65.